The molecule has 0 spiro atoms. The third kappa shape index (κ3) is 7.11. The van der Waals surface area contributed by atoms with Gasteiger partial charge in [0.1, 0.15) is 0 Å². The summed E-state index contributed by atoms with van der Waals surface area (Å²) >= 11 is 0. The van der Waals surface area contributed by atoms with E-state index in [1.165, 1.54) is 19.8 Å². The number of hydrogen-bond donors (Lipinski definition) is 1. The lowest BCUT2D eigenvalue weighted by Crippen LogP contribution is -2.48. The summed E-state index contributed by atoms with van der Waals surface area (Å²) in [6.07, 6.45) is 5.43. The van der Waals surface area contributed by atoms with Gasteiger partial charge in [0.05, 0.1) is 6.54 Å². The van der Waals surface area contributed by atoms with Gasteiger partial charge in [0.25, 0.3) is 5.91 Å². The van der Waals surface area contributed by atoms with Crippen molar-refractivity contribution < 1.29 is 18.9 Å². The lowest BCUT2D eigenvalue weighted by Gasteiger charge is -2.34. The number of benzene rings is 1. The van der Waals surface area contributed by atoms with E-state index in [-0.39, 0.29) is 17.7 Å². The highest BCUT2D eigenvalue weighted by molar-refractivity contribution is 5.95. The van der Waals surface area contributed by atoms with Crippen LogP contribution < -0.4 is 5.32 Å². The second kappa shape index (κ2) is 11.9. The number of carbonyl (C=O) groups is 3. The number of aromatic nitrogens is 2. The molecule has 1 N–H and O–H groups in total. The first-order chi connectivity index (χ1) is 17.0. The van der Waals surface area contributed by atoms with Crippen molar-refractivity contribution in [1.82, 2.24) is 24.8 Å². The third-order valence-electron chi connectivity index (χ3n) is 6.50. The Morgan fingerprint density at radius 3 is 2.26 bits per heavy atom. The second-order valence-electron chi connectivity index (χ2n) is 9.23. The molecular weight excluding hydrogens is 448 g/mol. The van der Waals surface area contributed by atoms with Crippen molar-refractivity contribution in [3.63, 3.8) is 0 Å². The summed E-state index contributed by atoms with van der Waals surface area (Å²) in [4.78, 5) is 46.9. The molecule has 0 atom stereocenters. The van der Waals surface area contributed by atoms with Gasteiger partial charge in [0, 0.05) is 70.3 Å². The molecule has 10 nitrogen and oxygen atoms in total. The van der Waals surface area contributed by atoms with Crippen LogP contribution in [0.2, 0.25) is 0 Å². The SMILES string of the molecule is CC(=O)Nc1ccc(C(=O)N2CCN(Cc3noc(CCC(=O)N4CCCCCC4)n3)CC2)cc1. The van der Waals surface area contributed by atoms with Gasteiger partial charge in [-0.1, -0.05) is 18.0 Å². The maximum Gasteiger partial charge on any atom is 0.253 e. The smallest absolute Gasteiger partial charge is 0.253 e. The number of carbonyl (C=O) groups excluding carboxylic acids is 3. The molecule has 2 aromatic rings. The fraction of sp³-hybridized carbons (Fsp3) is 0.560. The first-order valence-electron chi connectivity index (χ1n) is 12.5. The topological polar surface area (TPSA) is 112 Å². The molecule has 0 bridgehead atoms. The molecular formula is C25H34N6O4. The van der Waals surface area contributed by atoms with E-state index in [1.54, 1.807) is 24.3 Å². The van der Waals surface area contributed by atoms with E-state index in [2.05, 4.69) is 20.4 Å². The lowest BCUT2D eigenvalue weighted by molar-refractivity contribution is -0.131. The van der Waals surface area contributed by atoms with Crippen molar-refractivity contribution in [2.24, 2.45) is 0 Å². The van der Waals surface area contributed by atoms with Crippen LogP contribution in [-0.2, 0) is 22.6 Å². The highest BCUT2D eigenvalue weighted by atomic mass is 16.5. The standard InChI is InChI=1S/C25H34N6O4/c1-19(32)26-21-8-6-20(7-9-21)25(34)31-16-14-29(15-17-31)18-22-27-23(35-28-22)10-11-24(33)30-12-4-2-3-5-13-30/h6-9H,2-5,10-18H2,1H3,(H,26,32). The van der Waals surface area contributed by atoms with Crippen LogP contribution in [0.5, 0.6) is 0 Å². The number of hydrogen-bond acceptors (Lipinski definition) is 7. The molecule has 0 unspecified atom stereocenters. The Labute approximate surface area is 205 Å². The molecule has 2 aliphatic heterocycles. The summed E-state index contributed by atoms with van der Waals surface area (Å²) in [6.45, 7) is 6.36. The van der Waals surface area contributed by atoms with Crippen LogP contribution in [0, 0.1) is 0 Å². The van der Waals surface area contributed by atoms with Crippen LogP contribution in [0.3, 0.4) is 0 Å². The number of aryl methyl sites for hydroxylation is 1. The van der Waals surface area contributed by atoms with Crippen LogP contribution in [0.25, 0.3) is 0 Å². The quantitative estimate of drug-likeness (QED) is 0.645. The van der Waals surface area contributed by atoms with Crippen molar-refractivity contribution in [2.45, 2.75) is 52.0 Å². The fourth-order valence-corrected chi connectivity index (χ4v) is 4.54. The molecule has 3 heterocycles. The second-order valence-corrected chi connectivity index (χ2v) is 9.23. The maximum atomic E-state index is 12.8. The summed E-state index contributed by atoms with van der Waals surface area (Å²) in [5, 5.41) is 6.79. The van der Waals surface area contributed by atoms with Gasteiger partial charge in [-0.2, -0.15) is 4.98 Å². The number of rotatable bonds is 7. The van der Waals surface area contributed by atoms with Crippen LogP contribution in [0.4, 0.5) is 5.69 Å². The summed E-state index contributed by atoms with van der Waals surface area (Å²) in [5.41, 5.74) is 1.27. The Hall–Kier alpha value is -3.27. The average molecular weight is 483 g/mol. The van der Waals surface area contributed by atoms with Gasteiger partial charge in [-0.15, -0.1) is 0 Å². The van der Waals surface area contributed by atoms with Crippen molar-refractivity contribution in [3.05, 3.63) is 41.5 Å². The molecule has 1 aromatic carbocycles. The zero-order valence-corrected chi connectivity index (χ0v) is 20.4. The number of piperazine rings is 1. The Balaban J connectivity index is 1.20. The van der Waals surface area contributed by atoms with Crippen molar-refractivity contribution >= 4 is 23.4 Å². The van der Waals surface area contributed by atoms with Gasteiger partial charge >= 0.3 is 0 Å². The Morgan fingerprint density at radius 1 is 0.914 bits per heavy atom. The number of likely N-dealkylation sites (tertiary alicyclic amines) is 1. The van der Waals surface area contributed by atoms with Crippen molar-refractivity contribution in [1.29, 1.82) is 0 Å². The summed E-state index contributed by atoms with van der Waals surface area (Å²) < 4.78 is 5.37. The zero-order chi connectivity index (χ0) is 24.6. The van der Waals surface area contributed by atoms with E-state index < -0.39 is 0 Å². The van der Waals surface area contributed by atoms with Gasteiger partial charge in [0.2, 0.25) is 17.7 Å². The highest BCUT2D eigenvalue weighted by Crippen LogP contribution is 2.15. The van der Waals surface area contributed by atoms with E-state index >= 15 is 0 Å². The monoisotopic (exact) mass is 482 g/mol. The Bertz CT molecular complexity index is 1010. The van der Waals surface area contributed by atoms with E-state index in [9.17, 15) is 14.4 Å². The third-order valence-corrected chi connectivity index (χ3v) is 6.50. The van der Waals surface area contributed by atoms with Gasteiger partial charge in [-0.25, -0.2) is 0 Å². The lowest BCUT2D eigenvalue weighted by atomic mass is 10.1. The Kier molecular flexibility index (Phi) is 8.46. The predicted molar refractivity (Wildman–Crippen MR) is 130 cm³/mol. The molecule has 0 radical (unpaired) electrons. The number of nitrogens with zero attached hydrogens (tertiary/aromatic N) is 5. The molecule has 0 aliphatic carbocycles. The van der Waals surface area contributed by atoms with Gasteiger partial charge in [-0.05, 0) is 37.1 Å². The van der Waals surface area contributed by atoms with E-state index in [4.69, 9.17) is 4.52 Å². The summed E-state index contributed by atoms with van der Waals surface area (Å²) in [6, 6.07) is 6.94. The van der Waals surface area contributed by atoms with Crippen molar-refractivity contribution in [2.75, 3.05) is 44.6 Å². The minimum absolute atomic E-state index is 0.0186. The van der Waals surface area contributed by atoms with E-state index in [1.807, 2.05) is 9.80 Å². The molecule has 35 heavy (non-hydrogen) atoms. The number of nitrogens with one attached hydrogen (secondary N) is 1. The van der Waals surface area contributed by atoms with E-state index in [0.29, 0.717) is 68.5 Å². The predicted octanol–water partition coefficient (Wildman–Crippen LogP) is 2.32. The largest absolute Gasteiger partial charge is 0.343 e. The van der Waals surface area contributed by atoms with Gasteiger partial charge in [0.15, 0.2) is 5.82 Å². The Morgan fingerprint density at radius 2 is 1.60 bits per heavy atom. The molecule has 1 aromatic heterocycles. The number of amides is 3. The minimum Gasteiger partial charge on any atom is -0.343 e. The van der Waals surface area contributed by atoms with Crippen LogP contribution in [0.15, 0.2) is 28.8 Å². The summed E-state index contributed by atoms with van der Waals surface area (Å²) in [7, 11) is 0. The molecule has 188 valence electrons. The highest BCUT2D eigenvalue weighted by Gasteiger charge is 2.23. The molecule has 10 heteroatoms. The molecule has 2 saturated heterocycles. The van der Waals surface area contributed by atoms with E-state index in [0.717, 1.165) is 25.9 Å². The van der Waals surface area contributed by atoms with Gasteiger partial charge in [-0.3, -0.25) is 19.3 Å². The molecule has 0 saturated carbocycles. The molecule has 3 amide bonds. The van der Waals surface area contributed by atoms with Crippen LogP contribution in [0.1, 0.15) is 61.1 Å². The first kappa shape index (κ1) is 24.8. The zero-order valence-electron chi connectivity index (χ0n) is 20.4. The van der Waals surface area contributed by atoms with Crippen LogP contribution in [-0.4, -0.2) is 81.8 Å². The summed E-state index contributed by atoms with van der Waals surface area (Å²) in [5.74, 6) is 1.11. The van der Waals surface area contributed by atoms with Crippen LogP contribution >= 0.6 is 0 Å². The number of anilines is 1. The first-order valence-corrected chi connectivity index (χ1v) is 12.5. The molecule has 2 fully saturated rings. The van der Waals surface area contributed by atoms with Gasteiger partial charge < -0.3 is 19.6 Å². The average Bonchev–Trinajstić information content (AvgIpc) is 3.12. The normalized spacial score (nSPS) is 17.2. The molecule has 2 aliphatic rings. The fourth-order valence-electron chi connectivity index (χ4n) is 4.54. The minimum atomic E-state index is -0.143. The van der Waals surface area contributed by atoms with Crippen molar-refractivity contribution in [3.8, 4) is 0 Å². The molecule has 4 rings (SSSR count). The maximum absolute atomic E-state index is 12.8.